The van der Waals surface area contributed by atoms with Gasteiger partial charge in [-0.1, -0.05) is 29.8 Å². The van der Waals surface area contributed by atoms with Crippen molar-refractivity contribution in [3.63, 3.8) is 0 Å². The highest BCUT2D eigenvalue weighted by Crippen LogP contribution is 2.36. The normalized spacial score (nSPS) is 15.7. The van der Waals surface area contributed by atoms with Gasteiger partial charge in [-0.25, -0.2) is 4.39 Å². The number of carbonyl (C=O) groups excluding carboxylic acids is 2. The molecule has 5 nitrogen and oxygen atoms in total. The number of carbonyl (C=O) groups is 2. The number of hydrogen-bond donors (Lipinski definition) is 0. The third-order valence-corrected chi connectivity index (χ3v) is 6.66. The maximum absolute atomic E-state index is 13.8. The number of rotatable bonds is 4. The lowest BCUT2D eigenvalue weighted by Gasteiger charge is -2.41. The minimum Gasteiger partial charge on any atom is -0.348 e. The van der Waals surface area contributed by atoms with Crippen LogP contribution in [0.25, 0.3) is 0 Å². The maximum atomic E-state index is 13.8. The fraction of sp³-hybridized carbons (Fsp3) is 0.333. The number of halogens is 2. The summed E-state index contributed by atoms with van der Waals surface area (Å²) in [4.78, 5) is 30.6. The van der Waals surface area contributed by atoms with Crippen LogP contribution < -0.4 is 0 Å². The van der Waals surface area contributed by atoms with Gasteiger partial charge in [-0.05, 0) is 75.2 Å². The monoisotopic (exact) mass is 481 g/mol. The Labute approximate surface area is 204 Å². The summed E-state index contributed by atoms with van der Waals surface area (Å²) in [6, 6.07) is 15.4. The van der Waals surface area contributed by atoms with E-state index in [9.17, 15) is 14.0 Å². The topological polar surface area (TPSA) is 45.6 Å². The Morgan fingerprint density at radius 3 is 2.50 bits per heavy atom. The third kappa shape index (κ3) is 4.60. The van der Waals surface area contributed by atoms with Crippen molar-refractivity contribution in [2.24, 2.45) is 0 Å². The average Bonchev–Trinajstić information content (AvgIpc) is 3.27. The van der Waals surface area contributed by atoms with Gasteiger partial charge in [0.25, 0.3) is 5.91 Å². The Morgan fingerprint density at radius 2 is 1.82 bits per heavy atom. The molecule has 0 N–H and O–H groups in total. The molecule has 2 aromatic carbocycles. The predicted octanol–water partition coefficient (Wildman–Crippen LogP) is 5.46. The third-order valence-electron chi connectivity index (χ3n) is 6.31. The second kappa shape index (κ2) is 9.26. The summed E-state index contributed by atoms with van der Waals surface area (Å²) in [5.74, 6) is -0.841. The molecule has 1 aromatic heterocycles. The first-order chi connectivity index (χ1) is 16.1. The summed E-state index contributed by atoms with van der Waals surface area (Å²) in [6.07, 6.45) is 2.00. The summed E-state index contributed by atoms with van der Waals surface area (Å²) in [5, 5.41) is 0.588. The molecular formula is C27H29ClFN3O2. The number of aromatic nitrogens is 1. The zero-order chi connectivity index (χ0) is 24.6. The molecule has 34 heavy (non-hydrogen) atoms. The van der Waals surface area contributed by atoms with Crippen LogP contribution in [0.2, 0.25) is 5.02 Å². The van der Waals surface area contributed by atoms with Crippen molar-refractivity contribution in [1.29, 1.82) is 0 Å². The van der Waals surface area contributed by atoms with E-state index in [2.05, 4.69) is 4.57 Å². The molecule has 4 rings (SSSR count). The van der Waals surface area contributed by atoms with E-state index in [0.717, 1.165) is 11.3 Å². The maximum Gasteiger partial charge on any atom is 0.254 e. The molecule has 7 heteroatoms. The second-order valence-electron chi connectivity index (χ2n) is 9.66. The van der Waals surface area contributed by atoms with Crippen LogP contribution in [-0.2, 0) is 11.3 Å². The summed E-state index contributed by atoms with van der Waals surface area (Å²) < 4.78 is 15.9. The molecule has 0 spiro atoms. The van der Waals surface area contributed by atoms with E-state index in [-0.39, 0.29) is 30.2 Å². The highest BCUT2D eigenvalue weighted by Gasteiger charge is 2.36. The van der Waals surface area contributed by atoms with Gasteiger partial charge in [0.05, 0.1) is 6.04 Å². The fourth-order valence-corrected chi connectivity index (χ4v) is 4.69. The van der Waals surface area contributed by atoms with Crippen LogP contribution in [0.15, 0.2) is 60.8 Å². The number of benzene rings is 2. The Bertz CT molecular complexity index is 1230. The lowest BCUT2D eigenvalue weighted by atomic mass is 9.99. The molecule has 0 saturated carbocycles. The van der Waals surface area contributed by atoms with Gasteiger partial charge in [-0.2, -0.15) is 0 Å². The quantitative estimate of drug-likeness (QED) is 0.496. The number of amides is 2. The number of aryl methyl sites for hydroxylation is 1. The van der Waals surface area contributed by atoms with Crippen molar-refractivity contribution in [1.82, 2.24) is 14.4 Å². The van der Waals surface area contributed by atoms with E-state index in [4.69, 9.17) is 11.6 Å². The van der Waals surface area contributed by atoms with Gasteiger partial charge in [0.1, 0.15) is 12.4 Å². The largest absolute Gasteiger partial charge is 0.348 e. The molecular weight excluding hydrogens is 453 g/mol. The molecule has 0 aliphatic carbocycles. The summed E-state index contributed by atoms with van der Waals surface area (Å²) >= 11 is 6.56. The van der Waals surface area contributed by atoms with E-state index < -0.39 is 5.54 Å². The Morgan fingerprint density at radius 1 is 1.09 bits per heavy atom. The molecule has 2 amide bonds. The van der Waals surface area contributed by atoms with Crippen molar-refractivity contribution in [2.75, 3.05) is 13.1 Å². The molecule has 3 aromatic rings. The molecule has 1 unspecified atom stereocenters. The predicted molar refractivity (Wildman–Crippen MR) is 131 cm³/mol. The van der Waals surface area contributed by atoms with Crippen LogP contribution in [-0.4, -0.2) is 44.8 Å². The molecule has 0 radical (unpaired) electrons. The number of nitrogens with zero attached hydrogens (tertiary/aromatic N) is 3. The highest BCUT2D eigenvalue weighted by molar-refractivity contribution is 6.31. The van der Waals surface area contributed by atoms with Gasteiger partial charge in [-0.15, -0.1) is 0 Å². The number of hydrogen-bond acceptors (Lipinski definition) is 2. The SMILES string of the molecule is Cc1cc(C(=O)N(CC(=O)N2CCn3cccc3C2c2ccccc2Cl)C(C)(C)C)ccc1F. The van der Waals surface area contributed by atoms with Crippen molar-refractivity contribution in [2.45, 2.75) is 45.8 Å². The average molecular weight is 482 g/mol. The van der Waals surface area contributed by atoms with E-state index in [1.807, 2.05) is 63.4 Å². The summed E-state index contributed by atoms with van der Waals surface area (Å²) in [7, 11) is 0. The zero-order valence-electron chi connectivity index (χ0n) is 19.9. The van der Waals surface area contributed by atoms with Crippen LogP contribution >= 0.6 is 11.6 Å². The molecule has 1 aliphatic heterocycles. The minimum absolute atomic E-state index is 0.0968. The molecule has 0 saturated heterocycles. The first-order valence-corrected chi connectivity index (χ1v) is 11.7. The Balaban J connectivity index is 1.67. The van der Waals surface area contributed by atoms with Crippen LogP contribution in [0.1, 0.15) is 54.0 Å². The van der Waals surface area contributed by atoms with Gasteiger partial charge in [0, 0.05) is 41.1 Å². The second-order valence-corrected chi connectivity index (χ2v) is 10.1. The minimum atomic E-state index is -0.620. The van der Waals surface area contributed by atoms with Gasteiger partial charge in [0.2, 0.25) is 5.91 Å². The molecule has 178 valence electrons. The van der Waals surface area contributed by atoms with E-state index in [1.54, 1.807) is 16.7 Å². The molecule has 0 bridgehead atoms. The van der Waals surface area contributed by atoms with E-state index in [1.165, 1.54) is 18.2 Å². The highest BCUT2D eigenvalue weighted by atomic mass is 35.5. The van der Waals surface area contributed by atoms with Gasteiger partial charge < -0.3 is 14.4 Å². The van der Waals surface area contributed by atoms with Gasteiger partial charge in [-0.3, -0.25) is 9.59 Å². The molecule has 1 aliphatic rings. The van der Waals surface area contributed by atoms with Gasteiger partial charge in [0.15, 0.2) is 0 Å². The lowest BCUT2D eigenvalue weighted by Crippen LogP contribution is -2.53. The summed E-state index contributed by atoms with van der Waals surface area (Å²) in [6.45, 7) is 8.36. The van der Waals surface area contributed by atoms with E-state index in [0.29, 0.717) is 29.2 Å². The van der Waals surface area contributed by atoms with Crippen molar-refractivity contribution in [3.8, 4) is 0 Å². The first kappa shape index (κ1) is 24.0. The van der Waals surface area contributed by atoms with Crippen LogP contribution in [0, 0.1) is 12.7 Å². The standard InChI is InChI=1S/C27H29ClFN3O2/c1-18-16-19(11-12-22(18)29)26(34)32(27(2,3)4)17-24(33)31-15-14-30-13-7-10-23(30)25(31)20-8-5-6-9-21(20)28/h5-13,16,25H,14-15,17H2,1-4H3. The summed E-state index contributed by atoms with van der Waals surface area (Å²) in [5.41, 5.74) is 1.96. The smallest absolute Gasteiger partial charge is 0.254 e. The zero-order valence-corrected chi connectivity index (χ0v) is 20.6. The number of fused-ring (bicyclic) bond motifs is 1. The van der Waals surface area contributed by atoms with Gasteiger partial charge >= 0.3 is 0 Å². The van der Waals surface area contributed by atoms with Crippen LogP contribution in [0.5, 0.6) is 0 Å². The van der Waals surface area contributed by atoms with Crippen LogP contribution in [0.3, 0.4) is 0 Å². The van der Waals surface area contributed by atoms with Crippen LogP contribution in [0.4, 0.5) is 4.39 Å². The van der Waals surface area contributed by atoms with Crippen molar-refractivity contribution < 1.29 is 14.0 Å². The molecule has 2 heterocycles. The van der Waals surface area contributed by atoms with E-state index >= 15 is 0 Å². The fourth-order valence-electron chi connectivity index (χ4n) is 4.45. The first-order valence-electron chi connectivity index (χ1n) is 11.3. The molecule has 0 fully saturated rings. The Kier molecular flexibility index (Phi) is 6.54. The molecule has 1 atom stereocenters. The van der Waals surface area contributed by atoms with Crippen molar-refractivity contribution >= 4 is 23.4 Å². The van der Waals surface area contributed by atoms with Crippen molar-refractivity contribution in [3.05, 3.63) is 94.0 Å². The Hall–Kier alpha value is -3.12. The lowest BCUT2D eigenvalue weighted by molar-refractivity contribution is -0.135.